The second-order valence-electron chi connectivity index (χ2n) is 4.66. The summed E-state index contributed by atoms with van der Waals surface area (Å²) in [6.07, 6.45) is 3.76. The summed E-state index contributed by atoms with van der Waals surface area (Å²) in [5.74, 6) is 1.28. The predicted octanol–water partition coefficient (Wildman–Crippen LogP) is 2.93. The first-order valence-corrected chi connectivity index (χ1v) is 5.63. The molecule has 1 nitrogen and oxygen atoms in total. The van der Waals surface area contributed by atoms with Crippen molar-refractivity contribution in [2.75, 3.05) is 0 Å². The van der Waals surface area contributed by atoms with Crippen molar-refractivity contribution in [3.05, 3.63) is 34.9 Å². The van der Waals surface area contributed by atoms with Crippen LogP contribution in [0.5, 0.6) is 0 Å². The highest BCUT2D eigenvalue weighted by atomic mass is 35.5. The molecule has 2 N–H and O–H groups in total. The van der Waals surface area contributed by atoms with Gasteiger partial charge in [0.2, 0.25) is 0 Å². The van der Waals surface area contributed by atoms with Gasteiger partial charge in [-0.2, -0.15) is 0 Å². The fourth-order valence-electron chi connectivity index (χ4n) is 2.52. The van der Waals surface area contributed by atoms with Crippen molar-refractivity contribution in [1.82, 2.24) is 0 Å². The minimum Gasteiger partial charge on any atom is -0.324 e. The maximum absolute atomic E-state index is 6.34. The van der Waals surface area contributed by atoms with Gasteiger partial charge in [-0.05, 0) is 36.8 Å². The number of benzene rings is 1. The number of hydrogen-bond acceptors (Lipinski definition) is 1. The fraction of sp³-hybridized carbons (Fsp3) is 0.500. The van der Waals surface area contributed by atoms with Gasteiger partial charge in [0.15, 0.2) is 0 Å². The van der Waals surface area contributed by atoms with E-state index in [4.69, 9.17) is 17.3 Å². The van der Waals surface area contributed by atoms with Gasteiger partial charge in [0.1, 0.15) is 0 Å². The first kappa shape index (κ1) is 8.75. The molecule has 2 aliphatic rings. The molecule has 0 radical (unpaired) electrons. The van der Waals surface area contributed by atoms with Gasteiger partial charge in [-0.15, -0.1) is 0 Å². The van der Waals surface area contributed by atoms with Crippen LogP contribution < -0.4 is 5.73 Å². The molecule has 0 aromatic heterocycles. The summed E-state index contributed by atoms with van der Waals surface area (Å²) >= 11 is 6.16. The van der Waals surface area contributed by atoms with E-state index in [1.165, 1.54) is 18.4 Å². The van der Waals surface area contributed by atoms with E-state index >= 15 is 0 Å². The van der Waals surface area contributed by atoms with Gasteiger partial charge in [-0.1, -0.05) is 29.8 Å². The summed E-state index contributed by atoms with van der Waals surface area (Å²) in [4.78, 5) is 0. The van der Waals surface area contributed by atoms with E-state index in [1.54, 1.807) is 0 Å². The summed E-state index contributed by atoms with van der Waals surface area (Å²) in [7, 11) is 0. The minimum absolute atomic E-state index is 0.0883. The fourth-order valence-corrected chi connectivity index (χ4v) is 2.79. The highest BCUT2D eigenvalue weighted by Crippen LogP contribution is 2.61. The van der Waals surface area contributed by atoms with E-state index in [9.17, 15) is 0 Å². The maximum atomic E-state index is 6.34. The molecule has 0 aliphatic heterocycles. The van der Waals surface area contributed by atoms with Crippen molar-refractivity contribution in [3.8, 4) is 0 Å². The van der Waals surface area contributed by atoms with E-state index in [0.717, 1.165) is 17.4 Å². The summed E-state index contributed by atoms with van der Waals surface area (Å²) in [6.45, 7) is 0. The zero-order valence-corrected chi connectivity index (χ0v) is 8.80. The van der Waals surface area contributed by atoms with Crippen molar-refractivity contribution in [1.29, 1.82) is 0 Å². The van der Waals surface area contributed by atoms with E-state index in [1.807, 2.05) is 18.2 Å². The largest absolute Gasteiger partial charge is 0.324 e. The molecule has 2 heteroatoms. The predicted molar refractivity (Wildman–Crippen MR) is 58.5 cm³/mol. The minimum atomic E-state index is 0.0883. The lowest BCUT2D eigenvalue weighted by atomic mass is 10.0. The summed E-state index contributed by atoms with van der Waals surface area (Å²) in [5.41, 5.74) is 7.68. The molecule has 1 aromatic carbocycles. The number of halogens is 1. The van der Waals surface area contributed by atoms with Gasteiger partial charge in [0, 0.05) is 16.5 Å². The van der Waals surface area contributed by atoms with Crippen LogP contribution in [0.4, 0.5) is 0 Å². The zero-order chi connectivity index (χ0) is 9.76. The zero-order valence-electron chi connectivity index (χ0n) is 8.04. The Bertz CT molecular complexity index is 372. The Morgan fingerprint density at radius 1 is 1.29 bits per heavy atom. The second-order valence-corrected chi connectivity index (χ2v) is 5.07. The summed E-state index contributed by atoms with van der Waals surface area (Å²) in [5, 5.41) is 0.880. The van der Waals surface area contributed by atoms with E-state index in [2.05, 4.69) is 6.07 Å². The van der Waals surface area contributed by atoms with Crippen molar-refractivity contribution in [2.24, 2.45) is 11.7 Å². The van der Waals surface area contributed by atoms with Gasteiger partial charge in [-0.25, -0.2) is 0 Å². The summed E-state index contributed by atoms with van der Waals surface area (Å²) in [6, 6.07) is 8.10. The van der Waals surface area contributed by atoms with Crippen molar-refractivity contribution in [3.63, 3.8) is 0 Å². The summed E-state index contributed by atoms with van der Waals surface area (Å²) < 4.78 is 0. The topological polar surface area (TPSA) is 26.0 Å². The second kappa shape index (κ2) is 2.74. The molecular formula is C12H14ClN. The normalized spacial score (nSPS) is 35.7. The third-order valence-electron chi connectivity index (χ3n) is 3.66. The highest BCUT2D eigenvalue weighted by Gasteiger charge is 2.60. The Hall–Kier alpha value is -0.530. The molecule has 2 fully saturated rings. The van der Waals surface area contributed by atoms with Crippen LogP contribution in [0.1, 0.15) is 30.7 Å². The van der Waals surface area contributed by atoms with E-state index in [-0.39, 0.29) is 5.54 Å². The molecule has 2 aliphatic carbocycles. The molecule has 0 bridgehead atoms. The van der Waals surface area contributed by atoms with Crippen LogP contribution in [0.15, 0.2) is 24.3 Å². The van der Waals surface area contributed by atoms with Crippen LogP contribution in [0.25, 0.3) is 0 Å². The third kappa shape index (κ3) is 1.19. The molecule has 0 heterocycles. The quantitative estimate of drug-likeness (QED) is 0.793. The van der Waals surface area contributed by atoms with Crippen LogP contribution in [-0.2, 0) is 0 Å². The molecule has 2 atom stereocenters. The van der Waals surface area contributed by atoms with Gasteiger partial charge >= 0.3 is 0 Å². The number of hydrogen-bond donors (Lipinski definition) is 1. The van der Waals surface area contributed by atoms with Crippen LogP contribution in [0.2, 0.25) is 5.02 Å². The van der Waals surface area contributed by atoms with Gasteiger partial charge in [-0.3, -0.25) is 0 Å². The molecule has 2 unspecified atom stereocenters. The highest BCUT2D eigenvalue weighted by molar-refractivity contribution is 6.31. The standard InChI is InChI=1S/C12H14ClN/c13-11-4-2-1-3-9(11)10-7-12(10,14)8-5-6-8/h1-4,8,10H,5-7,14H2. The average molecular weight is 208 g/mol. The van der Waals surface area contributed by atoms with E-state index in [0.29, 0.717) is 5.92 Å². The van der Waals surface area contributed by atoms with Gasteiger partial charge in [0.05, 0.1) is 0 Å². The van der Waals surface area contributed by atoms with Crippen molar-refractivity contribution in [2.45, 2.75) is 30.7 Å². The lowest BCUT2D eigenvalue weighted by Gasteiger charge is -2.10. The van der Waals surface area contributed by atoms with Crippen molar-refractivity contribution < 1.29 is 0 Å². The molecule has 2 saturated carbocycles. The van der Waals surface area contributed by atoms with Gasteiger partial charge in [0.25, 0.3) is 0 Å². The lowest BCUT2D eigenvalue weighted by molar-refractivity contribution is 0.567. The molecule has 74 valence electrons. The Morgan fingerprint density at radius 3 is 2.64 bits per heavy atom. The molecule has 0 amide bonds. The van der Waals surface area contributed by atoms with Crippen LogP contribution in [0, 0.1) is 5.92 Å². The molecule has 3 rings (SSSR count). The maximum Gasteiger partial charge on any atom is 0.0441 e. The molecule has 0 saturated heterocycles. The Kier molecular flexibility index (Phi) is 1.71. The van der Waals surface area contributed by atoms with Crippen LogP contribution >= 0.6 is 11.6 Å². The number of rotatable bonds is 2. The third-order valence-corrected chi connectivity index (χ3v) is 4.01. The SMILES string of the molecule is NC1(C2CC2)CC1c1ccccc1Cl. The smallest absolute Gasteiger partial charge is 0.0441 e. The lowest BCUT2D eigenvalue weighted by Crippen LogP contribution is -2.26. The van der Waals surface area contributed by atoms with Crippen molar-refractivity contribution >= 4 is 11.6 Å². The van der Waals surface area contributed by atoms with Crippen LogP contribution in [-0.4, -0.2) is 5.54 Å². The Labute approximate surface area is 89.3 Å². The van der Waals surface area contributed by atoms with E-state index < -0.39 is 0 Å². The molecular weight excluding hydrogens is 194 g/mol. The first-order valence-electron chi connectivity index (χ1n) is 5.25. The first-order chi connectivity index (χ1) is 6.72. The average Bonchev–Trinajstić information content (AvgIpc) is 2.99. The molecule has 0 spiro atoms. The Balaban J connectivity index is 1.88. The van der Waals surface area contributed by atoms with Gasteiger partial charge < -0.3 is 5.73 Å². The number of nitrogens with two attached hydrogens (primary N) is 1. The van der Waals surface area contributed by atoms with Crippen LogP contribution in [0.3, 0.4) is 0 Å². The molecule has 1 aromatic rings. The molecule has 14 heavy (non-hydrogen) atoms. The monoisotopic (exact) mass is 207 g/mol. The Morgan fingerprint density at radius 2 is 2.00 bits per heavy atom.